The predicted molar refractivity (Wildman–Crippen MR) is 51.6 cm³/mol. The summed E-state index contributed by atoms with van der Waals surface area (Å²) in [4.78, 5) is 0. The molecule has 13 radical (unpaired) electrons. The molecule has 0 heterocycles. The molecule has 2 aliphatic carbocycles. The second-order valence-corrected chi connectivity index (χ2v) is 2.31. The molecule has 1 heteroatoms. The summed E-state index contributed by atoms with van der Waals surface area (Å²) in [6.07, 6.45) is 24.0. The van der Waals surface area contributed by atoms with E-state index in [1.165, 1.54) is 0 Å². The van der Waals surface area contributed by atoms with E-state index in [0.717, 1.165) is 0 Å². The summed E-state index contributed by atoms with van der Waals surface area (Å²) in [5.41, 5.74) is 0. The Morgan fingerprint density at radius 1 is 0.231 bits per heavy atom. The van der Waals surface area contributed by atoms with E-state index in [-0.39, 0.29) is 22.4 Å². The Bertz CT molecular complexity index is 59.9. The SMILES string of the molecule is [CH]1[CH][CH][CH][CH]1.[CH]1[CH][CH][CH][CH][CH][CH]1.[Nb]. The van der Waals surface area contributed by atoms with Crippen LogP contribution in [0.25, 0.3) is 0 Å². The molecule has 0 N–H and O–H groups in total. The third kappa shape index (κ3) is 9.05. The van der Waals surface area contributed by atoms with Gasteiger partial charge in [0, 0.05) is 22.4 Å². The van der Waals surface area contributed by atoms with Crippen molar-refractivity contribution in [3.8, 4) is 0 Å². The van der Waals surface area contributed by atoms with Crippen LogP contribution in [0.3, 0.4) is 0 Å². The molecule has 0 aliphatic heterocycles. The standard InChI is InChI=1S/C7H7.C5H5.Nb/c1-2-4-6-7-5-3-1;1-2-4-5-3-1;/h1-7H;1-5H;. The van der Waals surface area contributed by atoms with Gasteiger partial charge in [-0.2, -0.15) is 0 Å². The third-order valence-electron chi connectivity index (χ3n) is 1.33. The summed E-state index contributed by atoms with van der Waals surface area (Å²) >= 11 is 0. The minimum Gasteiger partial charge on any atom is -0.0312 e. The van der Waals surface area contributed by atoms with Gasteiger partial charge < -0.3 is 0 Å². The smallest absolute Gasteiger partial charge is 0 e. The van der Waals surface area contributed by atoms with Crippen LogP contribution in [0, 0.1) is 77.0 Å². The van der Waals surface area contributed by atoms with Crippen LogP contribution in [0.15, 0.2) is 0 Å². The van der Waals surface area contributed by atoms with Gasteiger partial charge in [-0.05, 0) is 77.0 Å². The molecule has 2 rings (SSSR count). The zero-order valence-electron chi connectivity index (χ0n) is 7.38. The summed E-state index contributed by atoms with van der Waals surface area (Å²) < 4.78 is 0. The second kappa shape index (κ2) is 10.8. The normalized spacial score (nSPS) is 22.2. The van der Waals surface area contributed by atoms with Gasteiger partial charge in [-0.25, -0.2) is 0 Å². The van der Waals surface area contributed by atoms with Crippen molar-refractivity contribution in [3.05, 3.63) is 77.0 Å². The Morgan fingerprint density at radius 3 is 0.385 bits per heavy atom. The first-order valence-corrected chi connectivity index (χ1v) is 4.00. The maximum absolute atomic E-state index is 2.00. The minimum atomic E-state index is 0. The van der Waals surface area contributed by atoms with Crippen molar-refractivity contribution in [2.45, 2.75) is 0 Å². The summed E-state index contributed by atoms with van der Waals surface area (Å²) in [5.74, 6) is 0. The van der Waals surface area contributed by atoms with Crippen molar-refractivity contribution in [2.75, 3.05) is 0 Å². The Balaban J connectivity index is 0.000000215. The van der Waals surface area contributed by atoms with Crippen LogP contribution in [0.2, 0.25) is 0 Å². The fraction of sp³-hybridized carbons (Fsp3) is 0. The molecule has 2 fully saturated rings. The van der Waals surface area contributed by atoms with Crippen LogP contribution in [-0.4, -0.2) is 0 Å². The van der Waals surface area contributed by atoms with E-state index in [1.807, 2.05) is 77.0 Å². The van der Waals surface area contributed by atoms with E-state index in [2.05, 4.69) is 0 Å². The Labute approximate surface area is 99.4 Å². The van der Waals surface area contributed by atoms with Gasteiger partial charge in [0.15, 0.2) is 0 Å². The van der Waals surface area contributed by atoms with Gasteiger partial charge in [-0.3, -0.25) is 0 Å². The zero-order valence-corrected chi connectivity index (χ0v) is 9.57. The van der Waals surface area contributed by atoms with Crippen LogP contribution in [0.5, 0.6) is 0 Å². The topological polar surface area (TPSA) is 0 Å². The van der Waals surface area contributed by atoms with E-state index in [1.54, 1.807) is 0 Å². The maximum atomic E-state index is 2.00. The largest absolute Gasteiger partial charge is 0.0312 e. The molecule has 0 aromatic carbocycles. The maximum Gasteiger partial charge on any atom is 0 e. The van der Waals surface area contributed by atoms with E-state index in [4.69, 9.17) is 0 Å². The predicted octanol–water partition coefficient (Wildman–Crippen LogP) is 2.45. The van der Waals surface area contributed by atoms with Crippen molar-refractivity contribution < 1.29 is 22.4 Å². The van der Waals surface area contributed by atoms with E-state index >= 15 is 0 Å². The van der Waals surface area contributed by atoms with Crippen molar-refractivity contribution in [1.29, 1.82) is 0 Å². The summed E-state index contributed by atoms with van der Waals surface area (Å²) in [7, 11) is 0. The summed E-state index contributed by atoms with van der Waals surface area (Å²) in [5, 5.41) is 0. The average molecular weight is 249 g/mol. The number of hydrogen-bond acceptors (Lipinski definition) is 0. The fourth-order valence-electron chi connectivity index (χ4n) is 0.770. The molecule has 0 atom stereocenters. The molecule has 0 aromatic heterocycles. The van der Waals surface area contributed by atoms with Crippen LogP contribution in [0.1, 0.15) is 0 Å². The van der Waals surface area contributed by atoms with Crippen LogP contribution in [0.4, 0.5) is 0 Å². The van der Waals surface area contributed by atoms with Gasteiger partial charge in [-0.15, -0.1) is 0 Å². The first-order valence-electron chi connectivity index (χ1n) is 4.00. The van der Waals surface area contributed by atoms with Gasteiger partial charge in [0.25, 0.3) is 0 Å². The van der Waals surface area contributed by atoms with Crippen molar-refractivity contribution in [3.63, 3.8) is 0 Å². The van der Waals surface area contributed by atoms with E-state index < -0.39 is 0 Å². The van der Waals surface area contributed by atoms with Gasteiger partial charge in [-0.1, -0.05) is 0 Å². The third-order valence-corrected chi connectivity index (χ3v) is 1.33. The molecular formula is C12H12Nb. The second-order valence-electron chi connectivity index (χ2n) is 2.31. The van der Waals surface area contributed by atoms with Gasteiger partial charge in [0.1, 0.15) is 0 Å². The van der Waals surface area contributed by atoms with Gasteiger partial charge in [0.05, 0.1) is 0 Å². The van der Waals surface area contributed by atoms with Crippen molar-refractivity contribution in [1.82, 2.24) is 0 Å². The molecular weight excluding hydrogens is 237 g/mol. The Kier molecular flexibility index (Phi) is 11.4. The zero-order chi connectivity index (χ0) is 8.49. The molecule has 0 unspecified atom stereocenters. The molecule has 0 aromatic rings. The van der Waals surface area contributed by atoms with Crippen molar-refractivity contribution >= 4 is 0 Å². The summed E-state index contributed by atoms with van der Waals surface area (Å²) in [6, 6.07) is 0. The van der Waals surface area contributed by atoms with Crippen LogP contribution < -0.4 is 0 Å². The molecule has 13 heavy (non-hydrogen) atoms. The van der Waals surface area contributed by atoms with Gasteiger partial charge in [0.2, 0.25) is 0 Å². The molecule has 65 valence electrons. The monoisotopic (exact) mass is 249 g/mol. The van der Waals surface area contributed by atoms with Gasteiger partial charge >= 0.3 is 0 Å². The molecule has 0 amide bonds. The first-order chi connectivity index (χ1) is 6.00. The molecule has 0 nitrogen and oxygen atoms in total. The molecule has 2 aliphatic rings. The Morgan fingerprint density at radius 2 is 0.308 bits per heavy atom. The van der Waals surface area contributed by atoms with Crippen LogP contribution >= 0.6 is 0 Å². The quantitative estimate of drug-likeness (QED) is 0.457. The first kappa shape index (κ1) is 13.7. The fourth-order valence-corrected chi connectivity index (χ4v) is 0.770. The van der Waals surface area contributed by atoms with Crippen LogP contribution in [-0.2, 0) is 22.4 Å². The Hall–Kier alpha value is 0.740. The molecule has 0 saturated heterocycles. The van der Waals surface area contributed by atoms with E-state index in [9.17, 15) is 0 Å². The molecule has 0 bridgehead atoms. The van der Waals surface area contributed by atoms with Crippen molar-refractivity contribution in [2.24, 2.45) is 0 Å². The molecule has 2 saturated carbocycles. The summed E-state index contributed by atoms with van der Waals surface area (Å²) in [6.45, 7) is 0. The van der Waals surface area contributed by atoms with E-state index in [0.29, 0.717) is 0 Å². The number of hydrogen-bond donors (Lipinski definition) is 0. The minimum absolute atomic E-state index is 0. The average Bonchev–Trinajstić information content (AvgIpc) is 2.54. The number of rotatable bonds is 0. The molecule has 0 spiro atoms.